The average Bonchev–Trinajstić information content (AvgIpc) is 2.87. The predicted molar refractivity (Wildman–Crippen MR) is 127 cm³/mol. The SMILES string of the molecule is CCCOc1c(Cl)cccc1CN(C)C(=O)C=Cc1cnc2c(c1)CNC(C)(C)C(=O)N2. The smallest absolute Gasteiger partial charge is 0.246 e. The van der Waals surface area contributed by atoms with Crippen molar-refractivity contribution in [1.29, 1.82) is 0 Å². The number of halogens is 1. The van der Waals surface area contributed by atoms with Crippen LogP contribution in [0.15, 0.2) is 36.5 Å². The van der Waals surface area contributed by atoms with Crippen molar-refractivity contribution in [2.75, 3.05) is 19.0 Å². The molecule has 0 saturated carbocycles. The number of likely N-dealkylation sites (N-methyl/N-ethyl adjacent to an activating group) is 1. The molecule has 0 radical (unpaired) electrons. The zero-order chi connectivity index (χ0) is 23.3. The Morgan fingerprint density at radius 3 is 2.91 bits per heavy atom. The Kier molecular flexibility index (Phi) is 7.53. The first kappa shape index (κ1) is 23.8. The van der Waals surface area contributed by atoms with Gasteiger partial charge in [-0.3, -0.25) is 14.9 Å². The van der Waals surface area contributed by atoms with Crippen LogP contribution in [0.3, 0.4) is 0 Å². The molecule has 0 saturated heterocycles. The first-order chi connectivity index (χ1) is 15.2. The van der Waals surface area contributed by atoms with E-state index in [0.717, 1.165) is 23.1 Å². The van der Waals surface area contributed by atoms with Gasteiger partial charge in [-0.2, -0.15) is 0 Å². The first-order valence-corrected chi connectivity index (χ1v) is 11.0. The second-order valence-electron chi connectivity index (χ2n) is 8.31. The summed E-state index contributed by atoms with van der Waals surface area (Å²) in [6, 6.07) is 7.44. The summed E-state index contributed by atoms with van der Waals surface area (Å²) in [6.45, 7) is 7.10. The van der Waals surface area contributed by atoms with Crippen LogP contribution in [0.2, 0.25) is 5.02 Å². The lowest BCUT2D eigenvalue weighted by Gasteiger charge is -2.21. The molecule has 7 nitrogen and oxygen atoms in total. The minimum absolute atomic E-state index is 0.132. The molecule has 0 atom stereocenters. The topological polar surface area (TPSA) is 83.6 Å². The van der Waals surface area contributed by atoms with Gasteiger partial charge in [0.25, 0.3) is 0 Å². The number of anilines is 1. The van der Waals surface area contributed by atoms with E-state index in [1.54, 1.807) is 30.3 Å². The maximum absolute atomic E-state index is 12.7. The number of fused-ring (bicyclic) bond motifs is 1. The van der Waals surface area contributed by atoms with Crippen molar-refractivity contribution in [2.24, 2.45) is 0 Å². The van der Waals surface area contributed by atoms with Crippen molar-refractivity contribution in [2.45, 2.75) is 45.8 Å². The fraction of sp³-hybridized carbons (Fsp3) is 0.375. The molecule has 1 aliphatic heterocycles. The predicted octanol–water partition coefficient (Wildman–Crippen LogP) is 4.02. The van der Waals surface area contributed by atoms with Crippen molar-refractivity contribution in [3.05, 3.63) is 58.3 Å². The molecule has 1 aliphatic rings. The van der Waals surface area contributed by atoms with Crippen LogP contribution in [-0.4, -0.2) is 40.9 Å². The van der Waals surface area contributed by atoms with Gasteiger partial charge in [0.05, 0.1) is 17.2 Å². The minimum Gasteiger partial charge on any atom is -0.492 e. The second-order valence-corrected chi connectivity index (χ2v) is 8.72. The molecule has 0 aliphatic carbocycles. The van der Waals surface area contributed by atoms with Crippen LogP contribution < -0.4 is 15.4 Å². The number of pyridine rings is 1. The Labute approximate surface area is 193 Å². The van der Waals surface area contributed by atoms with Gasteiger partial charge < -0.3 is 15.0 Å². The molecule has 1 aromatic carbocycles. The van der Waals surface area contributed by atoms with Gasteiger partial charge >= 0.3 is 0 Å². The number of para-hydroxylation sites is 1. The van der Waals surface area contributed by atoms with E-state index < -0.39 is 5.54 Å². The zero-order valence-electron chi connectivity index (χ0n) is 18.9. The average molecular weight is 457 g/mol. The van der Waals surface area contributed by atoms with Crippen molar-refractivity contribution < 1.29 is 14.3 Å². The number of carbonyl (C=O) groups is 2. The summed E-state index contributed by atoms with van der Waals surface area (Å²) in [4.78, 5) is 30.9. The van der Waals surface area contributed by atoms with Gasteiger partial charge in [0, 0.05) is 43.5 Å². The van der Waals surface area contributed by atoms with Gasteiger partial charge in [-0.15, -0.1) is 0 Å². The fourth-order valence-corrected chi connectivity index (χ4v) is 3.45. The standard InChI is InChI=1S/C24H29ClN4O3/c1-5-11-32-21-17(7-6-8-19(21)25)15-29(4)20(30)10-9-16-12-18-14-27-24(2,3)23(31)28-22(18)26-13-16/h6-10,12-13,27H,5,11,14-15H2,1-4H3,(H,26,28,31). The van der Waals surface area contributed by atoms with Crippen LogP contribution in [0, 0.1) is 0 Å². The summed E-state index contributed by atoms with van der Waals surface area (Å²) in [6.07, 6.45) is 5.73. The van der Waals surface area contributed by atoms with Gasteiger partial charge in [0.2, 0.25) is 11.8 Å². The largest absolute Gasteiger partial charge is 0.492 e. The lowest BCUT2D eigenvalue weighted by Crippen LogP contribution is -2.47. The molecule has 2 N–H and O–H groups in total. The van der Waals surface area contributed by atoms with Crippen molar-refractivity contribution in [1.82, 2.24) is 15.2 Å². The normalized spacial score (nSPS) is 15.1. The van der Waals surface area contributed by atoms with Crippen molar-refractivity contribution >= 4 is 35.3 Å². The fourth-order valence-electron chi connectivity index (χ4n) is 3.20. The number of aromatic nitrogens is 1. The molecule has 0 unspecified atom stereocenters. The van der Waals surface area contributed by atoms with E-state index in [-0.39, 0.29) is 11.8 Å². The second kappa shape index (κ2) is 10.1. The Balaban J connectivity index is 1.69. The third kappa shape index (κ3) is 5.66. The Hall–Kier alpha value is -2.90. The summed E-state index contributed by atoms with van der Waals surface area (Å²) < 4.78 is 5.78. The molecule has 0 spiro atoms. The van der Waals surface area contributed by atoms with Crippen LogP contribution in [0.5, 0.6) is 5.75 Å². The van der Waals surface area contributed by atoms with Crippen LogP contribution in [0.4, 0.5) is 5.82 Å². The van der Waals surface area contributed by atoms with E-state index in [1.807, 2.05) is 39.0 Å². The third-order valence-electron chi connectivity index (χ3n) is 5.21. The highest BCUT2D eigenvalue weighted by molar-refractivity contribution is 6.32. The van der Waals surface area contributed by atoms with Crippen LogP contribution in [0.1, 0.15) is 43.9 Å². The zero-order valence-corrected chi connectivity index (χ0v) is 19.6. The van der Waals surface area contributed by atoms with E-state index in [9.17, 15) is 9.59 Å². The quantitative estimate of drug-likeness (QED) is 0.615. The number of benzene rings is 1. The lowest BCUT2D eigenvalue weighted by atomic mass is 10.1. The number of amides is 2. The summed E-state index contributed by atoms with van der Waals surface area (Å²) in [5.41, 5.74) is 1.81. The number of hydrogen-bond donors (Lipinski definition) is 2. The molecule has 2 aromatic rings. The van der Waals surface area contributed by atoms with Crippen LogP contribution in [-0.2, 0) is 22.7 Å². The summed E-state index contributed by atoms with van der Waals surface area (Å²) in [5, 5.41) is 6.59. The molecule has 8 heteroatoms. The first-order valence-electron chi connectivity index (χ1n) is 10.6. The number of nitrogens with one attached hydrogen (secondary N) is 2. The number of carbonyl (C=O) groups excluding carboxylic acids is 2. The maximum atomic E-state index is 12.7. The highest BCUT2D eigenvalue weighted by atomic mass is 35.5. The van der Waals surface area contributed by atoms with Crippen molar-refractivity contribution in [3.63, 3.8) is 0 Å². The molecular formula is C24H29ClN4O3. The number of nitrogens with zero attached hydrogens (tertiary/aromatic N) is 2. The molecule has 0 bridgehead atoms. The Morgan fingerprint density at radius 1 is 1.38 bits per heavy atom. The molecule has 2 amide bonds. The molecule has 32 heavy (non-hydrogen) atoms. The third-order valence-corrected chi connectivity index (χ3v) is 5.51. The number of rotatable bonds is 7. The van der Waals surface area contributed by atoms with Crippen LogP contribution in [0.25, 0.3) is 6.08 Å². The summed E-state index contributed by atoms with van der Waals surface area (Å²) >= 11 is 6.28. The molecule has 0 fully saturated rings. The molecule has 1 aromatic heterocycles. The molecular weight excluding hydrogens is 428 g/mol. The Morgan fingerprint density at radius 2 is 2.16 bits per heavy atom. The van der Waals surface area contributed by atoms with Gasteiger partial charge in [0.1, 0.15) is 11.6 Å². The highest BCUT2D eigenvalue weighted by Crippen LogP contribution is 2.30. The minimum atomic E-state index is -0.685. The van der Waals surface area contributed by atoms with E-state index >= 15 is 0 Å². The van der Waals surface area contributed by atoms with Gasteiger partial charge in [0.15, 0.2) is 0 Å². The number of hydrogen-bond acceptors (Lipinski definition) is 5. The van der Waals surface area contributed by atoms with Crippen LogP contribution >= 0.6 is 11.6 Å². The van der Waals surface area contributed by atoms with E-state index in [0.29, 0.717) is 36.3 Å². The molecule has 3 rings (SSSR count). The molecule has 2 heterocycles. The van der Waals surface area contributed by atoms with E-state index in [1.165, 1.54) is 6.08 Å². The monoisotopic (exact) mass is 456 g/mol. The summed E-state index contributed by atoms with van der Waals surface area (Å²) in [7, 11) is 1.73. The highest BCUT2D eigenvalue weighted by Gasteiger charge is 2.30. The van der Waals surface area contributed by atoms with Gasteiger partial charge in [-0.05, 0) is 44.0 Å². The lowest BCUT2D eigenvalue weighted by molar-refractivity contribution is -0.125. The van der Waals surface area contributed by atoms with Gasteiger partial charge in [-0.25, -0.2) is 4.98 Å². The molecule has 170 valence electrons. The maximum Gasteiger partial charge on any atom is 0.246 e. The number of ether oxygens (including phenoxy) is 1. The Bertz CT molecular complexity index is 1040. The van der Waals surface area contributed by atoms with E-state index in [4.69, 9.17) is 16.3 Å². The van der Waals surface area contributed by atoms with Gasteiger partial charge in [-0.1, -0.05) is 30.7 Å². The van der Waals surface area contributed by atoms with E-state index in [2.05, 4.69) is 15.6 Å². The van der Waals surface area contributed by atoms with Crippen molar-refractivity contribution in [3.8, 4) is 5.75 Å². The summed E-state index contributed by atoms with van der Waals surface area (Å²) in [5.74, 6) is 0.863.